The lowest BCUT2D eigenvalue weighted by Crippen LogP contribution is -2.31. The van der Waals surface area contributed by atoms with Crippen LogP contribution in [0.2, 0.25) is 0 Å². The number of rotatable bonds is 9. The Hall–Kier alpha value is -2.52. The number of amides is 1. The lowest BCUT2D eigenvalue weighted by molar-refractivity contribution is -0.119. The van der Waals surface area contributed by atoms with Crippen molar-refractivity contribution in [3.8, 4) is 0 Å². The van der Waals surface area contributed by atoms with Crippen molar-refractivity contribution >= 4 is 46.1 Å². The van der Waals surface area contributed by atoms with E-state index in [1.807, 2.05) is 47.0 Å². The third-order valence-corrected chi connectivity index (χ3v) is 6.49. The second-order valence-electron chi connectivity index (χ2n) is 6.80. The number of hydrogen-bond acceptors (Lipinski definition) is 6. The minimum absolute atomic E-state index is 0.0338. The minimum Gasteiger partial charge on any atom is -0.345 e. The molecule has 0 aliphatic rings. The van der Waals surface area contributed by atoms with Crippen molar-refractivity contribution in [2.24, 2.45) is 0 Å². The number of para-hydroxylation sites is 2. The van der Waals surface area contributed by atoms with Gasteiger partial charge in [-0.15, -0.1) is 10.2 Å². The monoisotopic (exact) mass is 440 g/mol. The first-order chi connectivity index (χ1) is 14.7. The lowest BCUT2D eigenvalue weighted by atomic mass is 10.2. The summed E-state index contributed by atoms with van der Waals surface area (Å²) in [6.45, 7) is 2.90. The molecule has 0 aliphatic carbocycles. The molecule has 0 radical (unpaired) electrons. The van der Waals surface area contributed by atoms with Crippen LogP contribution in [0, 0.1) is 0 Å². The Kier molecular flexibility index (Phi) is 6.59. The van der Waals surface area contributed by atoms with Crippen LogP contribution in [-0.4, -0.2) is 47.8 Å². The van der Waals surface area contributed by atoms with Gasteiger partial charge in [-0.25, -0.2) is 4.98 Å². The molecule has 0 spiro atoms. The van der Waals surface area contributed by atoms with Gasteiger partial charge in [0, 0.05) is 12.7 Å². The van der Waals surface area contributed by atoms with E-state index in [4.69, 9.17) is 4.98 Å². The number of carbonyl (C=O) groups is 1. The Morgan fingerprint density at radius 2 is 2.00 bits per heavy atom. The zero-order chi connectivity index (χ0) is 20.9. The highest BCUT2D eigenvalue weighted by Gasteiger charge is 2.21. The zero-order valence-electron chi connectivity index (χ0n) is 17.0. The fraction of sp³-hybridized carbons (Fsp3) is 0.333. The van der Waals surface area contributed by atoms with Crippen molar-refractivity contribution in [3.05, 3.63) is 54.5 Å². The quantitative estimate of drug-likeness (QED) is 0.399. The number of hydrogen-bond donors (Lipinski definition) is 1. The molecule has 0 fully saturated rings. The third-order valence-electron chi connectivity index (χ3n) is 4.87. The SMILES string of the molecule is CCn1c(SCC(=O)NC(CCSC)c2nnc3ccccn23)nc2ccccc21. The van der Waals surface area contributed by atoms with Crippen molar-refractivity contribution in [1.29, 1.82) is 0 Å². The Balaban J connectivity index is 1.48. The average Bonchev–Trinajstić information content (AvgIpc) is 3.36. The van der Waals surface area contributed by atoms with Gasteiger partial charge in [0.2, 0.25) is 5.91 Å². The van der Waals surface area contributed by atoms with Crippen molar-refractivity contribution in [3.63, 3.8) is 0 Å². The number of carbonyl (C=O) groups excluding carboxylic acids is 1. The first-order valence-electron chi connectivity index (χ1n) is 9.87. The van der Waals surface area contributed by atoms with Crippen LogP contribution >= 0.6 is 23.5 Å². The molecule has 3 heterocycles. The Morgan fingerprint density at radius 3 is 2.83 bits per heavy atom. The molecule has 1 aromatic carbocycles. The van der Waals surface area contributed by atoms with E-state index in [1.54, 1.807) is 11.8 Å². The minimum atomic E-state index is -0.187. The van der Waals surface area contributed by atoms with Crippen LogP contribution in [0.1, 0.15) is 25.2 Å². The number of aromatic nitrogens is 5. The van der Waals surface area contributed by atoms with Crippen molar-refractivity contribution in [2.45, 2.75) is 31.1 Å². The van der Waals surface area contributed by atoms with E-state index >= 15 is 0 Å². The van der Waals surface area contributed by atoms with Crippen molar-refractivity contribution in [2.75, 3.05) is 17.8 Å². The zero-order valence-corrected chi connectivity index (χ0v) is 18.6. The first kappa shape index (κ1) is 20.7. The molecule has 9 heteroatoms. The molecule has 1 amide bonds. The van der Waals surface area contributed by atoms with E-state index < -0.39 is 0 Å². The molecule has 3 aromatic heterocycles. The number of pyridine rings is 1. The Bertz CT molecular complexity index is 1150. The fourth-order valence-electron chi connectivity index (χ4n) is 3.43. The van der Waals surface area contributed by atoms with Gasteiger partial charge in [0.15, 0.2) is 16.6 Å². The maximum absolute atomic E-state index is 12.8. The number of fused-ring (bicyclic) bond motifs is 2. The first-order valence-corrected chi connectivity index (χ1v) is 12.2. The maximum atomic E-state index is 12.8. The van der Waals surface area contributed by atoms with Gasteiger partial charge in [-0.2, -0.15) is 11.8 Å². The number of nitrogens with one attached hydrogen (secondary N) is 1. The summed E-state index contributed by atoms with van der Waals surface area (Å²) in [5.74, 6) is 1.95. The molecule has 156 valence electrons. The maximum Gasteiger partial charge on any atom is 0.231 e. The molecule has 1 unspecified atom stereocenters. The van der Waals surface area contributed by atoms with Gasteiger partial charge in [-0.05, 0) is 49.6 Å². The molecule has 7 nitrogen and oxygen atoms in total. The highest BCUT2D eigenvalue weighted by molar-refractivity contribution is 7.99. The summed E-state index contributed by atoms with van der Waals surface area (Å²) < 4.78 is 4.08. The standard InChI is InChI=1S/C21H24N6OS2/c1-3-26-17-9-5-4-8-15(17)23-21(26)30-14-19(28)22-16(11-13-29-2)20-25-24-18-10-6-7-12-27(18)20/h4-10,12,16H,3,11,13-14H2,1-2H3,(H,22,28). The molecule has 0 bridgehead atoms. The summed E-state index contributed by atoms with van der Waals surface area (Å²) in [5.41, 5.74) is 2.83. The molecule has 4 aromatic rings. The highest BCUT2D eigenvalue weighted by Crippen LogP contribution is 2.24. The summed E-state index contributed by atoms with van der Waals surface area (Å²) >= 11 is 3.21. The van der Waals surface area contributed by atoms with E-state index in [1.165, 1.54) is 11.8 Å². The van der Waals surface area contributed by atoms with E-state index in [-0.39, 0.29) is 11.9 Å². The van der Waals surface area contributed by atoms with Crippen LogP contribution in [0.25, 0.3) is 16.7 Å². The smallest absolute Gasteiger partial charge is 0.231 e. The molecule has 4 rings (SSSR count). The lowest BCUT2D eigenvalue weighted by Gasteiger charge is -2.17. The summed E-state index contributed by atoms with van der Waals surface area (Å²) in [6, 6.07) is 13.7. The van der Waals surface area contributed by atoms with Crippen LogP contribution < -0.4 is 5.32 Å². The number of nitrogens with zero attached hydrogens (tertiary/aromatic N) is 5. The molecule has 0 saturated heterocycles. The van der Waals surface area contributed by atoms with Crippen LogP contribution in [0.4, 0.5) is 0 Å². The summed E-state index contributed by atoms with van der Waals surface area (Å²) in [5, 5.41) is 12.6. The molecule has 0 aliphatic heterocycles. The normalized spacial score (nSPS) is 12.5. The van der Waals surface area contributed by atoms with Crippen molar-refractivity contribution in [1.82, 2.24) is 29.5 Å². The number of benzene rings is 1. The van der Waals surface area contributed by atoms with Gasteiger partial charge in [0.05, 0.1) is 22.8 Å². The van der Waals surface area contributed by atoms with Gasteiger partial charge in [-0.1, -0.05) is 30.0 Å². The number of aryl methyl sites for hydroxylation is 1. The van der Waals surface area contributed by atoms with Gasteiger partial charge in [0.1, 0.15) is 0 Å². The largest absolute Gasteiger partial charge is 0.345 e. The highest BCUT2D eigenvalue weighted by atomic mass is 32.2. The van der Waals surface area contributed by atoms with Gasteiger partial charge in [-0.3, -0.25) is 9.20 Å². The van der Waals surface area contributed by atoms with Gasteiger partial charge in [0.25, 0.3) is 0 Å². The van der Waals surface area contributed by atoms with Crippen molar-refractivity contribution < 1.29 is 4.79 Å². The van der Waals surface area contributed by atoms with Crippen LogP contribution in [-0.2, 0) is 11.3 Å². The molecule has 1 N–H and O–H groups in total. The Labute approximate surface area is 183 Å². The van der Waals surface area contributed by atoms with E-state index in [2.05, 4.69) is 39.3 Å². The predicted molar refractivity (Wildman–Crippen MR) is 123 cm³/mol. The van der Waals surface area contributed by atoms with Crippen LogP contribution in [0.15, 0.2) is 53.8 Å². The number of thioether (sulfide) groups is 2. The van der Waals surface area contributed by atoms with E-state index in [0.717, 1.165) is 46.4 Å². The molecular weight excluding hydrogens is 416 g/mol. The van der Waals surface area contributed by atoms with Crippen LogP contribution in [0.3, 0.4) is 0 Å². The Morgan fingerprint density at radius 1 is 1.17 bits per heavy atom. The van der Waals surface area contributed by atoms with Gasteiger partial charge >= 0.3 is 0 Å². The summed E-state index contributed by atoms with van der Waals surface area (Å²) in [7, 11) is 0. The predicted octanol–water partition coefficient (Wildman–Crippen LogP) is 3.80. The summed E-state index contributed by atoms with van der Waals surface area (Å²) in [6.07, 6.45) is 4.79. The van der Waals surface area contributed by atoms with E-state index in [9.17, 15) is 4.79 Å². The van der Waals surface area contributed by atoms with Gasteiger partial charge < -0.3 is 9.88 Å². The topological polar surface area (TPSA) is 77.1 Å². The molecular formula is C21H24N6OS2. The number of imidazole rings is 1. The second-order valence-corrected chi connectivity index (χ2v) is 8.73. The molecule has 0 saturated carbocycles. The fourth-order valence-corrected chi connectivity index (χ4v) is 4.80. The average molecular weight is 441 g/mol. The van der Waals surface area contributed by atoms with Crippen LogP contribution in [0.5, 0.6) is 0 Å². The van der Waals surface area contributed by atoms with E-state index in [0.29, 0.717) is 5.75 Å². The molecule has 30 heavy (non-hydrogen) atoms. The molecule has 1 atom stereocenters. The summed E-state index contributed by atoms with van der Waals surface area (Å²) in [4.78, 5) is 17.5. The third kappa shape index (κ3) is 4.32. The second kappa shape index (κ2) is 9.53.